The average Bonchev–Trinajstić information content (AvgIpc) is 3.36. The fourth-order valence-electron chi connectivity index (χ4n) is 7.68. The molecule has 2 unspecified atom stereocenters. The number of fused-ring (bicyclic) bond motifs is 4. The molecule has 2 saturated carbocycles. The highest BCUT2D eigenvalue weighted by Crippen LogP contribution is 2.41. The zero-order chi connectivity index (χ0) is 28.9. The van der Waals surface area contributed by atoms with Gasteiger partial charge in [0.2, 0.25) is 5.91 Å². The Labute approximate surface area is 245 Å². The number of carbonyl (C=O) groups excluding carboxylic acids is 2. The first-order valence-electron chi connectivity index (χ1n) is 15.3. The third-order valence-corrected chi connectivity index (χ3v) is 10.4. The summed E-state index contributed by atoms with van der Waals surface area (Å²) in [5, 5.41) is 1.19. The minimum atomic E-state index is 0.0137. The molecule has 4 fully saturated rings. The number of ether oxygens (including phenoxy) is 1. The van der Waals surface area contributed by atoms with Gasteiger partial charge in [-0.2, -0.15) is 0 Å². The standard InChI is InChI=1S/C33H38N6O3/c1-18(40)37-15-24(16-37)20-6-7-21-12-28(38(27(21)11-20)14-19-4-5-19)32-35-25-10-23(13-29(42-3)31(25)36(32)2)33(41)39-17-22-8-9-26(39)30(22)34/h6-7,10-13,19,22,24,26,30H,4-5,8-9,14-17,34H2,1-3H3/t22?,26?,30-/m1/s1. The summed E-state index contributed by atoms with van der Waals surface area (Å²) in [4.78, 5) is 34.4. The lowest BCUT2D eigenvalue weighted by Gasteiger charge is -2.39. The normalized spacial score (nSPS) is 23.8. The Morgan fingerprint density at radius 2 is 1.86 bits per heavy atom. The Morgan fingerprint density at radius 1 is 1.05 bits per heavy atom. The van der Waals surface area contributed by atoms with Crippen molar-refractivity contribution in [1.82, 2.24) is 23.9 Å². The number of aryl methyl sites for hydroxylation is 1. The molecule has 4 heterocycles. The molecule has 9 heteroatoms. The minimum absolute atomic E-state index is 0.0137. The van der Waals surface area contributed by atoms with E-state index in [1.807, 2.05) is 29.0 Å². The number of nitrogens with two attached hydrogens (primary N) is 1. The molecule has 2 bridgehead atoms. The average molecular weight is 567 g/mol. The van der Waals surface area contributed by atoms with E-state index < -0.39 is 0 Å². The first kappa shape index (κ1) is 25.8. The van der Waals surface area contributed by atoms with Gasteiger partial charge < -0.3 is 29.4 Å². The Morgan fingerprint density at radius 3 is 2.52 bits per heavy atom. The van der Waals surface area contributed by atoms with Crippen LogP contribution >= 0.6 is 0 Å². The number of methoxy groups -OCH3 is 1. The third kappa shape index (κ3) is 3.89. The van der Waals surface area contributed by atoms with Gasteiger partial charge in [-0.05, 0) is 67.3 Å². The summed E-state index contributed by atoms with van der Waals surface area (Å²) >= 11 is 0. The summed E-state index contributed by atoms with van der Waals surface area (Å²) in [6, 6.07) is 13.0. The summed E-state index contributed by atoms with van der Waals surface area (Å²) in [5.74, 6) is 3.12. The van der Waals surface area contributed by atoms with Gasteiger partial charge in [0.1, 0.15) is 11.3 Å². The minimum Gasteiger partial charge on any atom is -0.494 e. The van der Waals surface area contributed by atoms with Gasteiger partial charge >= 0.3 is 0 Å². The predicted octanol–water partition coefficient (Wildman–Crippen LogP) is 4.12. The molecule has 2 aliphatic heterocycles. The molecule has 2 aromatic heterocycles. The molecule has 2 saturated heterocycles. The Hall–Kier alpha value is -3.85. The highest BCUT2D eigenvalue weighted by atomic mass is 16.5. The Bertz CT molecular complexity index is 1760. The quantitative estimate of drug-likeness (QED) is 0.379. The van der Waals surface area contributed by atoms with Crippen LogP contribution in [0.4, 0.5) is 0 Å². The number of hydrogen-bond acceptors (Lipinski definition) is 5. The molecule has 2 amide bonds. The molecule has 218 valence electrons. The molecule has 2 aromatic carbocycles. The number of rotatable bonds is 6. The van der Waals surface area contributed by atoms with Crippen molar-refractivity contribution in [3.8, 4) is 17.3 Å². The smallest absolute Gasteiger partial charge is 0.254 e. The van der Waals surface area contributed by atoms with E-state index in [4.69, 9.17) is 15.5 Å². The van der Waals surface area contributed by atoms with Gasteiger partial charge in [0.05, 0.1) is 18.3 Å². The number of aromatic nitrogens is 3. The van der Waals surface area contributed by atoms with E-state index in [0.29, 0.717) is 29.1 Å². The second kappa shape index (κ2) is 9.33. The van der Waals surface area contributed by atoms with Crippen LogP contribution < -0.4 is 10.5 Å². The maximum atomic E-state index is 13.7. The highest BCUT2D eigenvalue weighted by Gasteiger charge is 2.47. The molecular formula is C33H38N6O3. The van der Waals surface area contributed by atoms with Crippen molar-refractivity contribution >= 4 is 33.8 Å². The molecule has 8 rings (SSSR count). The molecule has 0 radical (unpaired) electrons. The molecule has 3 atom stereocenters. The van der Waals surface area contributed by atoms with E-state index in [1.165, 1.54) is 29.3 Å². The second-order valence-electron chi connectivity index (χ2n) is 13.0. The van der Waals surface area contributed by atoms with Crippen LogP contribution in [-0.2, 0) is 18.4 Å². The zero-order valence-corrected chi connectivity index (χ0v) is 24.5. The van der Waals surface area contributed by atoms with Crippen LogP contribution in [0, 0.1) is 11.8 Å². The van der Waals surface area contributed by atoms with Crippen LogP contribution in [0.1, 0.15) is 54.4 Å². The van der Waals surface area contributed by atoms with Gasteiger partial charge in [-0.3, -0.25) is 9.59 Å². The fraction of sp³-hybridized carbons (Fsp3) is 0.485. The zero-order valence-electron chi connectivity index (χ0n) is 24.5. The number of likely N-dealkylation sites (tertiary alicyclic amines) is 2. The molecule has 9 nitrogen and oxygen atoms in total. The number of hydrogen-bond donors (Lipinski definition) is 1. The molecule has 42 heavy (non-hydrogen) atoms. The number of nitrogens with zero attached hydrogens (tertiary/aromatic N) is 5. The number of imidazole rings is 1. The third-order valence-electron chi connectivity index (χ3n) is 10.4. The molecular weight excluding hydrogens is 528 g/mol. The number of piperidine rings is 1. The first-order valence-corrected chi connectivity index (χ1v) is 15.3. The van der Waals surface area contributed by atoms with E-state index >= 15 is 0 Å². The lowest BCUT2D eigenvalue weighted by molar-refractivity contribution is -0.133. The van der Waals surface area contributed by atoms with Gasteiger partial charge in [-0.1, -0.05) is 12.1 Å². The maximum Gasteiger partial charge on any atom is 0.254 e. The van der Waals surface area contributed by atoms with Gasteiger partial charge in [0.25, 0.3) is 5.91 Å². The van der Waals surface area contributed by atoms with Crippen LogP contribution in [0.25, 0.3) is 33.5 Å². The van der Waals surface area contributed by atoms with Crippen LogP contribution in [0.3, 0.4) is 0 Å². The largest absolute Gasteiger partial charge is 0.494 e. The topological polar surface area (TPSA) is 98.6 Å². The van der Waals surface area contributed by atoms with Crippen molar-refractivity contribution in [2.75, 3.05) is 26.7 Å². The Kier molecular flexibility index (Phi) is 5.74. The van der Waals surface area contributed by atoms with Gasteiger partial charge in [0.15, 0.2) is 5.82 Å². The summed E-state index contributed by atoms with van der Waals surface area (Å²) in [5.41, 5.74) is 12.2. The van der Waals surface area contributed by atoms with Crippen molar-refractivity contribution in [3.05, 3.63) is 47.5 Å². The molecule has 0 spiro atoms. The van der Waals surface area contributed by atoms with Crippen molar-refractivity contribution in [1.29, 1.82) is 0 Å². The van der Waals surface area contributed by atoms with Crippen molar-refractivity contribution < 1.29 is 14.3 Å². The second-order valence-corrected chi connectivity index (χ2v) is 13.0. The SMILES string of the molecule is COc1cc(C(=O)N2CC3CCC2[C@@H]3N)cc2nc(-c3cc4ccc(C5CN(C(C)=O)C5)cc4n3CC3CC3)n(C)c12. The molecule has 2 aliphatic carbocycles. The lowest BCUT2D eigenvalue weighted by Crippen LogP contribution is -2.47. The van der Waals surface area contributed by atoms with Crippen LogP contribution in [-0.4, -0.2) is 74.6 Å². The van der Waals surface area contributed by atoms with Crippen LogP contribution in [0.15, 0.2) is 36.4 Å². The summed E-state index contributed by atoms with van der Waals surface area (Å²) in [6.07, 6.45) is 4.58. The lowest BCUT2D eigenvalue weighted by atomic mass is 9.91. The van der Waals surface area contributed by atoms with Gasteiger partial charge in [0, 0.05) is 74.6 Å². The van der Waals surface area contributed by atoms with E-state index in [0.717, 1.165) is 61.6 Å². The first-order chi connectivity index (χ1) is 20.3. The van der Waals surface area contributed by atoms with E-state index in [9.17, 15) is 9.59 Å². The number of benzene rings is 2. The summed E-state index contributed by atoms with van der Waals surface area (Å²) in [6.45, 7) is 4.90. The molecule has 4 aliphatic rings. The number of carbonyl (C=O) groups is 2. The van der Waals surface area contributed by atoms with Crippen molar-refractivity contribution in [2.45, 2.75) is 57.2 Å². The summed E-state index contributed by atoms with van der Waals surface area (Å²) < 4.78 is 10.4. The van der Waals surface area contributed by atoms with Gasteiger partial charge in [-0.15, -0.1) is 0 Å². The molecule has 2 N–H and O–H groups in total. The van der Waals surface area contributed by atoms with Crippen molar-refractivity contribution in [3.63, 3.8) is 0 Å². The van der Waals surface area contributed by atoms with Crippen LogP contribution in [0.5, 0.6) is 5.75 Å². The van der Waals surface area contributed by atoms with Crippen molar-refractivity contribution in [2.24, 2.45) is 24.6 Å². The number of amides is 2. The van der Waals surface area contributed by atoms with E-state index in [1.54, 1.807) is 14.0 Å². The predicted molar refractivity (Wildman–Crippen MR) is 161 cm³/mol. The van der Waals surface area contributed by atoms with Crippen LogP contribution in [0.2, 0.25) is 0 Å². The monoisotopic (exact) mass is 566 g/mol. The highest BCUT2D eigenvalue weighted by molar-refractivity contribution is 6.00. The summed E-state index contributed by atoms with van der Waals surface area (Å²) in [7, 11) is 3.69. The maximum absolute atomic E-state index is 13.7. The van der Waals surface area contributed by atoms with E-state index in [-0.39, 0.29) is 23.9 Å². The van der Waals surface area contributed by atoms with Gasteiger partial charge in [-0.25, -0.2) is 4.98 Å². The Balaban J connectivity index is 1.20. The van der Waals surface area contributed by atoms with E-state index in [2.05, 4.69) is 33.4 Å². The molecule has 4 aromatic rings. The fourth-order valence-corrected chi connectivity index (χ4v) is 7.68.